The van der Waals surface area contributed by atoms with E-state index in [2.05, 4.69) is 16.0 Å². The van der Waals surface area contributed by atoms with Crippen LogP contribution < -0.4 is 11.1 Å². The number of quaternary nitrogens is 1. The second kappa shape index (κ2) is 7.70. The molecule has 0 spiro atoms. The molecule has 1 saturated heterocycles. The fourth-order valence-electron chi connectivity index (χ4n) is 4.00. The lowest BCUT2D eigenvalue weighted by Gasteiger charge is -2.38. The highest BCUT2D eigenvalue weighted by atomic mass is 32.1. The molecule has 0 aromatic heterocycles. The summed E-state index contributed by atoms with van der Waals surface area (Å²) in [5.41, 5.74) is 4.15. The van der Waals surface area contributed by atoms with E-state index in [0.717, 1.165) is 44.9 Å². The summed E-state index contributed by atoms with van der Waals surface area (Å²) in [6, 6.07) is 0.508. The summed E-state index contributed by atoms with van der Waals surface area (Å²) in [7, 11) is 0. The van der Waals surface area contributed by atoms with E-state index in [1.165, 1.54) is 12.8 Å². The Bertz CT molecular complexity index is 545. The van der Waals surface area contributed by atoms with Crippen molar-refractivity contribution in [1.29, 1.82) is 0 Å². The van der Waals surface area contributed by atoms with Gasteiger partial charge in [0.1, 0.15) is 12.1 Å². The summed E-state index contributed by atoms with van der Waals surface area (Å²) in [4.78, 5) is 31.3. The zero-order valence-electron chi connectivity index (χ0n) is 14.1. The van der Waals surface area contributed by atoms with Crippen LogP contribution >= 0.6 is 12.2 Å². The quantitative estimate of drug-likeness (QED) is 0.448. The summed E-state index contributed by atoms with van der Waals surface area (Å²) in [5, 5.41) is 2.96. The molecule has 6 nitrogen and oxygen atoms in total. The smallest absolute Gasteiger partial charge is 0.247 e. The molecule has 0 aromatic carbocycles. The monoisotopic (exact) mass is 351 g/mol. The fraction of sp³-hybridized carbons (Fsp3) is 0.765. The number of hydrogen-bond donors (Lipinski definition) is 2. The van der Waals surface area contributed by atoms with Crippen molar-refractivity contribution < 1.29 is 15.3 Å². The van der Waals surface area contributed by atoms with Crippen molar-refractivity contribution in [3.8, 4) is 0 Å². The first-order chi connectivity index (χ1) is 11.6. The van der Waals surface area contributed by atoms with Crippen LogP contribution in [0.15, 0.2) is 4.99 Å². The van der Waals surface area contributed by atoms with Crippen LogP contribution in [0.1, 0.15) is 57.8 Å². The summed E-state index contributed by atoms with van der Waals surface area (Å²) in [6.07, 6.45) is 11.2. The highest BCUT2D eigenvalue weighted by Crippen LogP contribution is 2.26. The molecule has 0 aromatic rings. The van der Waals surface area contributed by atoms with E-state index in [1.807, 2.05) is 0 Å². The van der Waals surface area contributed by atoms with Crippen LogP contribution in [0.3, 0.4) is 0 Å². The van der Waals surface area contributed by atoms with Crippen molar-refractivity contribution in [1.82, 2.24) is 10.2 Å². The van der Waals surface area contributed by atoms with Gasteiger partial charge >= 0.3 is 0 Å². The third-order valence-corrected chi connectivity index (χ3v) is 5.77. The molecule has 1 heterocycles. The normalized spacial score (nSPS) is 33.1. The molecule has 2 aliphatic carbocycles. The second-order valence-electron chi connectivity index (χ2n) is 7.18. The maximum atomic E-state index is 12.9. The minimum absolute atomic E-state index is 0.116. The first-order valence-corrected chi connectivity index (χ1v) is 9.53. The maximum absolute atomic E-state index is 12.9. The van der Waals surface area contributed by atoms with Crippen molar-refractivity contribution in [2.24, 2.45) is 10.9 Å². The Morgan fingerprint density at radius 2 is 1.75 bits per heavy atom. The summed E-state index contributed by atoms with van der Waals surface area (Å²) in [5.74, 6) is -1.42. The predicted molar refractivity (Wildman–Crippen MR) is 95.4 cm³/mol. The average Bonchev–Trinajstić information content (AvgIpc) is 2.57. The van der Waals surface area contributed by atoms with E-state index in [0.29, 0.717) is 0 Å². The minimum Gasteiger partial charge on any atom is -0.353 e. The molecular weight excluding hydrogens is 324 g/mol. The lowest BCUT2D eigenvalue weighted by atomic mass is 9.91. The number of hydrogen-bond acceptors (Lipinski definition) is 4. The van der Waals surface area contributed by atoms with Gasteiger partial charge in [0.2, 0.25) is 11.8 Å². The molecule has 3 aliphatic rings. The number of nitrogens with zero attached hydrogens (tertiary/aromatic N) is 2. The number of amides is 2. The van der Waals surface area contributed by atoms with Gasteiger partial charge in [-0.25, -0.2) is 0 Å². The number of thiocarbonyl (C=S) groups is 1. The van der Waals surface area contributed by atoms with Gasteiger partial charge in [0.05, 0.1) is 0 Å². The van der Waals surface area contributed by atoms with Crippen molar-refractivity contribution in [3.05, 3.63) is 0 Å². The Kier molecular flexibility index (Phi) is 5.61. The number of nitrogens with one attached hydrogen (secondary N) is 1. The van der Waals surface area contributed by atoms with Crippen LogP contribution in [0.4, 0.5) is 0 Å². The Hall–Kier alpha value is -1.34. The molecular formula is C17H27N4O2S+. The van der Waals surface area contributed by atoms with E-state index in [1.54, 1.807) is 11.1 Å². The zero-order chi connectivity index (χ0) is 17.1. The third-order valence-electron chi connectivity index (χ3n) is 5.47. The molecule has 2 saturated carbocycles. The second-order valence-corrected chi connectivity index (χ2v) is 7.57. The van der Waals surface area contributed by atoms with Crippen molar-refractivity contribution >= 4 is 35.4 Å². The van der Waals surface area contributed by atoms with Gasteiger partial charge < -0.3 is 11.1 Å². The first kappa shape index (κ1) is 17.5. The minimum atomic E-state index is -0.854. The van der Waals surface area contributed by atoms with Crippen molar-refractivity contribution in [3.63, 3.8) is 0 Å². The topological polar surface area (TPSA) is 89.4 Å². The van der Waals surface area contributed by atoms with Crippen LogP contribution in [-0.2, 0) is 9.59 Å². The third kappa shape index (κ3) is 3.67. The van der Waals surface area contributed by atoms with Gasteiger partial charge in [-0.2, -0.15) is 0 Å². The molecule has 2 amide bonds. The molecule has 0 bridgehead atoms. The van der Waals surface area contributed by atoms with Crippen LogP contribution in [-0.4, -0.2) is 46.2 Å². The molecule has 24 heavy (non-hydrogen) atoms. The molecule has 3 rings (SSSR count). The Labute approximate surface area is 148 Å². The average molecular weight is 351 g/mol. The SMILES string of the molecule is [NH3+][C@@H]1CCCC[C@H]1N=C[C@H]1C(=O)NC(=S)N(C2CCCCC2)C1=O. The molecule has 1 aliphatic heterocycles. The van der Waals surface area contributed by atoms with Crippen molar-refractivity contribution in [2.45, 2.75) is 75.9 Å². The summed E-state index contributed by atoms with van der Waals surface area (Å²) >= 11 is 5.26. The van der Waals surface area contributed by atoms with Crippen LogP contribution in [0.5, 0.6) is 0 Å². The molecule has 0 unspecified atom stereocenters. The van der Waals surface area contributed by atoms with Gasteiger partial charge in [0.15, 0.2) is 11.0 Å². The highest BCUT2D eigenvalue weighted by Gasteiger charge is 2.41. The molecule has 3 atom stereocenters. The molecule has 0 radical (unpaired) electrons. The first-order valence-electron chi connectivity index (χ1n) is 9.12. The number of carbonyl (C=O) groups excluding carboxylic acids is 2. The van der Waals surface area contributed by atoms with E-state index < -0.39 is 5.92 Å². The van der Waals surface area contributed by atoms with Crippen molar-refractivity contribution in [2.75, 3.05) is 0 Å². The Morgan fingerprint density at radius 1 is 1.08 bits per heavy atom. The van der Waals surface area contributed by atoms with Crippen LogP contribution in [0.25, 0.3) is 0 Å². The van der Waals surface area contributed by atoms with E-state index in [4.69, 9.17) is 12.2 Å². The van der Waals surface area contributed by atoms with Gasteiger partial charge in [-0.1, -0.05) is 25.7 Å². The van der Waals surface area contributed by atoms with Gasteiger partial charge in [0, 0.05) is 18.7 Å². The van der Waals surface area contributed by atoms with Gasteiger partial charge in [-0.05, 0) is 37.9 Å². The molecule has 3 fully saturated rings. The number of rotatable bonds is 3. The molecule has 7 heteroatoms. The Balaban J connectivity index is 1.72. The largest absolute Gasteiger partial charge is 0.353 e. The standard InChI is InChI=1S/C17H26N4O2S/c18-13-8-4-5-9-14(13)19-10-12-15(22)20-17(24)21(16(12)23)11-6-2-1-3-7-11/h10-14H,1-9,18H2,(H,20,22,24)/p+1/t12-,13+,14+/m0/s1. The predicted octanol–water partition coefficient (Wildman–Crippen LogP) is 0.802. The number of carbonyl (C=O) groups is 2. The van der Waals surface area contributed by atoms with E-state index >= 15 is 0 Å². The molecule has 4 N–H and O–H groups in total. The highest BCUT2D eigenvalue weighted by molar-refractivity contribution is 7.80. The van der Waals surface area contributed by atoms with Crippen LogP contribution in [0, 0.1) is 5.92 Å². The van der Waals surface area contributed by atoms with E-state index in [9.17, 15) is 9.59 Å². The number of aliphatic imine (C=N–C) groups is 1. The fourth-order valence-corrected chi connectivity index (χ4v) is 4.34. The Morgan fingerprint density at radius 3 is 2.46 bits per heavy atom. The maximum Gasteiger partial charge on any atom is 0.247 e. The van der Waals surface area contributed by atoms with Gasteiger partial charge in [0.25, 0.3) is 0 Å². The van der Waals surface area contributed by atoms with Crippen LogP contribution in [0.2, 0.25) is 0 Å². The summed E-state index contributed by atoms with van der Waals surface area (Å²) < 4.78 is 0. The van der Waals surface area contributed by atoms with E-state index in [-0.39, 0.29) is 35.1 Å². The lowest BCUT2D eigenvalue weighted by molar-refractivity contribution is -0.428. The summed E-state index contributed by atoms with van der Waals surface area (Å²) in [6.45, 7) is 0. The van der Waals surface area contributed by atoms with Gasteiger partial charge in [-0.15, -0.1) is 0 Å². The lowest BCUT2D eigenvalue weighted by Crippen LogP contribution is -2.66. The van der Waals surface area contributed by atoms with Gasteiger partial charge in [-0.3, -0.25) is 19.5 Å². The zero-order valence-corrected chi connectivity index (χ0v) is 14.9. The molecule has 132 valence electrons.